The Bertz CT molecular complexity index is 786. The first-order chi connectivity index (χ1) is 12.5. The second-order valence-corrected chi connectivity index (χ2v) is 7.00. The monoisotopic (exact) mass is 372 g/mol. The molecule has 136 valence electrons. The highest BCUT2D eigenvalue weighted by Crippen LogP contribution is 2.13. The minimum atomic E-state index is -0.981. The van der Waals surface area contributed by atoms with Crippen molar-refractivity contribution in [3.8, 4) is 0 Å². The van der Waals surface area contributed by atoms with Crippen LogP contribution in [0.25, 0.3) is 0 Å². The second kappa shape index (κ2) is 8.14. The summed E-state index contributed by atoms with van der Waals surface area (Å²) in [7, 11) is 0. The van der Waals surface area contributed by atoms with Gasteiger partial charge in [-0.2, -0.15) is 11.3 Å². The smallest absolute Gasteiger partial charge is 0.335 e. The van der Waals surface area contributed by atoms with Crippen LogP contribution in [0.4, 0.5) is 0 Å². The van der Waals surface area contributed by atoms with E-state index in [4.69, 9.17) is 5.11 Å². The quantitative estimate of drug-likeness (QED) is 0.894. The fourth-order valence-corrected chi connectivity index (χ4v) is 3.62. The Morgan fingerprint density at radius 1 is 0.923 bits per heavy atom. The molecule has 0 bridgehead atoms. The van der Waals surface area contributed by atoms with E-state index in [-0.39, 0.29) is 23.8 Å². The van der Waals surface area contributed by atoms with Gasteiger partial charge in [0.1, 0.15) is 0 Å². The first-order valence-corrected chi connectivity index (χ1v) is 9.40. The number of hydrogen-bond donors (Lipinski definition) is 1. The molecule has 1 N–H and O–H groups in total. The lowest BCUT2D eigenvalue weighted by molar-refractivity contribution is -0.130. The molecule has 0 atom stereocenters. The van der Waals surface area contributed by atoms with Gasteiger partial charge in [0.15, 0.2) is 0 Å². The molecule has 1 aliphatic heterocycles. The van der Waals surface area contributed by atoms with Crippen LogP contribution >= 0.6 is 11.3 Å². The van der Waals surface area contributed by atoms with Crippen molar-refractivity contribution in [3.63, 3.8) is 0 Å². The van der Waals surface area contributed by atoms with E-state index >= 15 is 0 Å². The van der Waals surface area contributed by atoms with Gasteiger partial charge in [0.2, 0.25) is 5.91 Å². The number of nitrogens with zero attached hydrogens (tertiary/aromatic N) is 2. The summed E-state index contributed by atoms with van der Waals surface area (Å²) in [6.45, 7) is 2.31. The topological polar surface area (TPSA) is 77.9 Å². The molecule has 1 aliphatic rings. The number of aromatic carboxylic acids is 1. The molecule has 2 amide bonds. The molecule has 6 nitrogen and oxygen atoms in total. The van der Waals surface area contributed by atoms with E-state index in [2.05, 4.69) is 0 Å². The van der Waals surface area contributed by atoms with Crippen LogP contribution in [0.5, 0.6) is 0 Å². The van der Waals surface area contributed by atoms with Crippen molar-refractivity contribution in [1.29, 1.82) is 0 Å². The molecule has 0 unspecified atom stereocenters. The number of hydrogen-bond acceptors (Lipinski definition) is 4. The number of carbonyl (C=O) groups excluding carboxylic acids is 2. The van der Waals surface area contributed by atoms with Crippen LogP contribution in [0.15, 0.2) is 41.1 Å². The number of amides is 2. The van der Waals surface area contributed by atoms with Gasteiger partial charge in [-0.3, -0.25) is 9.59 Å². The van der Waals surface area contributed by atoms with Crippen molar-refractivity contribution in [2.45, 2.75) is 12.8 Å². The van der Waals surface area contributed by atoms with Gasteiger partial charge in [-0.25, -0.2) is 4.79 Å². The zero-order valence-corrected chi connectivity index (χ0v) is 15.1. The minimum Gasteiger partial charge on any atom is -0.478 e. The number of carbonyl (C=O) groups is 3. The Morgan fingerprint density at radius 3 is 2.27 bits per heavy atom. The van der Waals surface area contributed by atoms with E-state index in [1.165, 1.54) is 23.5 Å². The SMILES string of the molecule is O=C(O)c1ccc(CC(=O)N2CCCN(C(=O)c3ccsc3)CC2)cc1. The first-order valence-electron chi connectivity index (χ1n) is 8.46. The van der Waals surface area contributed by atoms with Crippen LogP contribution in [0.1, 0.15) is 32.7 Å². The third-order valence-electron chi connectivity index (χ3n) is 4.46. The van der Waals surface area contributed by atoms with E-state index < -0.39 is 5.97 Å². The maximum Gasteiger partial charge on any atom is 0.335 e. The van der Waals surface area contributed by atoms with Crippen molar-refractivity contribution in [3.05, 3.63) is 57.8 Å². The predicted octanol–water partition coefficient (Wildman–Crippen LogP) is 2.36. The average molecular weight is 372 g/mol. The number of carboxylic acid groups (broad SMARTS) is 1. The van der Waals surface area contributed by atoms with E-state index in [9.17, 15) is 14.4 Å². The molecule has 1 aromatic heterocycles. The summed E-state index contributed by atoms with van der Waals surface area (Å²) >= 11 is 1.50. The third-order valence-corrected chi connectivity index (χ3v) is 5.14. The summed E-state index contributed by atoms with van der Waals surface area (Å²) in [4.78, 5) is 39.5. The average Bonchev–Trinajstić information content (AvgIpc) is 3.06. The Kier molecular flexibility index (Phi) is 5.68. The second-order valence-electron chi connectivity index (χ2n) is 6.22. The number of carboxylic acids is 1. The Hall–Kier alpha value is -2.67. The molecule has 0 aliphatic carbocycles. The number of thiophene rings is 1. The highest BCUT2D eigenvalue weighted by molar-refractivity contribution is 7.08. The zero-order chi connectivity index (χ0) is 18.5. The van der Waals surface area contributed by atoms with Gasteiger partial charge in [0, 0.05) is 31.6 Å². The molecule has 2 heterocycles. The fourth-order valence-electron chi connectivity index (χ4n) is 2.99. The Morgan fingerprint density at radius 2 is 1.62 bits per heavy atom. The maximum atomic E-state index is 12.6. The summed E-state index contributed by atoms with van der Waals surface area (Å²) in [5, 5.41) is 12.7. The van der Waals surface area contributed by atoms with Crippen molar-refractivity contribution < 1.29 is 19.5 Å². The van der Waals surface area contributed by atoms with Gasteiger partial charge in [0.05, 0.1) is 17.5 Å². The van der Waals surface area contributed by atoms with E-state index in [0.717, 1.165) is 12.0 Å². The highest BCUT2D eigenvalue weighted by atomic mass is 32.1. The molecule has 3 rings (SSSR count). The third kappa shape index (κ3) is 4.29. The molecule has 1 saturated heterocycles. The molecule has 1 aromatic carbocycles. The fraction of sp³-hybridized carbons (Fsp3) is 0.316. The lowest BCUT2D eigenvalue weighted by Crippen LogP contribution is -2.37. The van der Waals surface area contributed by atoms with Crippen molar-refractivity contribution in [2.24, 2.45) is 0 Å². The van der Waals surface area contributed by atoms with Gasteiger partial charge >= 0.3 is 5.97 Å². The Balaban J connectivity index is 1.57. The predicted molar refractivity (Wildman–Crippen MR) is 98.5 cm³/mol. The minimum absolute atomic E-state index is 0.00194. The normalized spacial score (nSPS) is 14.8. The standard InChI is InChI=1S/C19H20N2O4S/c22-17(12-14-2-4-15(5-3-14)19(24)25)20-7-1-8-21(10-9-20)18(23)16-6-11-26-13-16/h2-6,11,13H,1,7-10,12H2,(H,24,25). The van der Waals surface area contributed by atoms with Gasteiger partial charge < -0.3 is 14.9 Å². The van der Waals surface area contributed by atoms with Crippen LogP contribution < -0.4 is 0 Å². The van der Waals surface area contributed by atoms with Gasteiger partial charge in [0.25, 0.3) is 5.91 Å². The zero-order valence-electron chi connectivity index (χ0n) is 14.3. The number of rotatable bonds is 4. The van der Waals surface area contributed by atoms with E-state index in [0.29, 0.717) is 31.7 Å². The number of benzene rings is 1. The van der Waals surface area contributed by atoms with Crippen molar-refractivity contribution in [2.75, 3.05) is 26.2 Å². The van der Waals surface area contributed by atoms with Crippen LogP contribution in [0.3, 0.4) is 0 Å². The van der Waals surface area contributed by atoms with E-state index in [1.54, 1.807) is 21.9 Å². The van der Waals surface area contributed by atoms with Crippen LogP contribution in [0.2, 0.25) is 0 Å². The molecule has 0 saturated carbocycles. The lowest BCUT2D eigenvalue weighted by Gasteiger charge is -2.22. The largest absolute Gasteiger partial charge is 0.478 e. The summed E-state index contributed by atoms with van der Waals surface area (Å²) in [5.41, 5.74) is 1.70. The van der Waals surface area contributed by atoms with Crippen LogP contribution in [-0.4, -0.2) is 58.9 Å². The molecule has 2 aromatic rings. The molecule has 7 heteroatoms. The summed E-state index contributed by atoms with van der Waals surface area (Å²) in [6.07, 6.45) is 0.984. The maximum absolute atomic E-state index is 12.6. The molecule has 0 spiro atoms. The molecular formula is C19H20N2O4S. The van der Waals surface area contributed by atoms with Crippen molar-refractivity contribution >= 4 is 29.1 Å². The Labute approximate surface area is 155 Å². The first kappa shape index (κ1) is 18.1. The molecule has 26 heavy (non-hydrogen) atoms. The van der Waals surface area contributed by atoms with E-state index in [1.807, 2.05) is 16.8 Å². The molecule has 1 fully saturated rings. The highest BCUT2D eigenvalue weighted by Gasteiger charge is 2.23. The van der Waals surface area contributed by atoms with Gasteiger partial charge in [-0.05, 0) is 35.6 Å². The molecule has 0 radical (unpaired) electrons. The lowest BCUT2D eigenvalue weighted by atomic mass is 10.1. The summed E-state index contributed by atoms with van der Waals surface area (Å²) in [5.74, 6) is -0.964. The molecular weight excluding hydrogens is 352 g/mol. The van der Waals surface area contributed by atoms with Crippen molar-refractivity contribution in [1.82, 2.24) is 9.80 Å². The van der Waals surface area contributed by atoms with Crippen LogP contribution in [0, 0.1) is 0 Å². The van der Waals surface area contributed by atoms with Gasteiger partial charge in [-0.1, -0.05) is 12.1 Å². The summed E-state index contributed by atoms with van der Waals surface area (Å²) < 4.78 is 0. The summed E-state index contributed by atoms with van der Waals surface area (Å²) in [6, 6.07) is 8.18. The van der Waals surface area contributed by atoms with Crippen LogP contribution in [-0.2, 0) is 11.2 Å². The van der Waals surface area contributed by atoms with Gasteiger partial charge in [-0.15, -0.1) is 0 Å².